The number of hydrogen-bond donors (Lipinski definition) is 1. The van der Waals surface area contributed by atoms with E-state index in [1.807, 2.05) is 13.0 Å². The number of rotatable bonds is 4. The maximum atomic E-state index is 4.19. The Kier molecular flexibility index (Phi) is 3.97. The van der Waals surface area contributed by atoms with Crippen LogP contribution in [-0.2, 0) is 0 Å². The Morgan fingerprint density at radius 2 is 1.62 bits per heavy atom. The highest BCUT2D eigenvalue weighted by molar-refractivity contribution is 7.15. The summed E-state index contributed by atoms with van der Waals surface area (Å²) in [6.07, 6.45) is 0. The van der Waals surface area contributed by atoms with E-state index in [2.05, 4.69) is 71.0 Å². The predicted molar refractivity (Wildman–Crippen MR) is 87.7 cm³/mol. The molecule has 4 heteroatoms. The zero-order valence-corrected chi connectivity index (χ0v) is 12.9. The average Bonchev–Trinajstić information content (AvgIpc) is 2.92. The zero-order chi connectivity index (χ0) is 14.7. The molecule has 0 saturated carbocycles. The van der Waals surface area contributed by atoms with Crippen LogP contribution in [0.25, 0.3) is 0 Å². The van der Waals surface area contributed by atoms with Crippen LogP contribution in [0.15, 0.2) is 54.6 Å². The highest BCUT2D eigenvalue weighted by Crippen LogP contribution is 2.29. The second-order valence-corrected chi connectivity index (χ2v) is 6.15. The fourth-order valence-corrected chi connectivity index (χ4v) is 3.00. The van der Waals surface area contributed by atoms with Crippen LogP contribution in [0, 0.1) is 13.8 Å². The van der Waals surface area contributed by atoms with E-state index < -0.39 is 0 Å². The molecule has 21 heavy (non-hydrogen) atoms. The highest BCUT2D eigenvalue weighted by atomic mass is 32.1. The molecule has 0 fully saturated rings. The first-order valence-corrected chi connectivity index (χ1v) is 7.73. The van der Waals surface area contributed by atoms with Crippen molar-refractivity contribution in [1.82, 2.24) is 10.2 Å². The van der Waals surface area contributed by atoms with Crippen molar-refractivity contribution in [2.24, 2.45) is 0 Å². The van der Waals surface area contributed by atoms with Gasteiger partial charge in [0.2, 0.25) is 5.13 Å². The predicted octanol–water partition coefficient (Wildman–Crippen LogP) is 4.36. The van der Waals surface area contributed by atoms with Gasteiger partial charge < -0.3 is 5.32 Å². The van der Waals surface area contributed by atoms with Crippen molar-refractivity contribution in [3.05, 3.63) is 76.3 Å². The van der Waals surface area contributed by atoms with E-state index in [1.54, 1.807) is 11.3 Å². The summed E-state index contributed by atoms with van der Waals surface area (Å²) < 4.78 is 0. The van der Waals surface area contributed by atoms with Gasteiger partial charge in [0.1, 0.15) is 5.01 Å². The van der Waals surface area contributed by atoms with Gasteiger partial charge in [-0.1, -0.05) is 65.9 Å². The van der Waals surface area contributed by atoms with Crippen LogP contribution in [0.3, 0.4) is 0 Å². The molecule has 1 aromatic heterocycles. The van der Waals surface area contributed by atoms with Gasteiger partial charge in [-0.15, -0.1) is 10.2 Å². The lowest BCUT2D eigenvalue weighted by atomic mass is 9.95. The molecule has 0 saturated heterocycles. The first-order valence-electron chi connectivity index (χ1n) is 6.91. The maximum Gasteiger partial charge on any atom is 0.206 e. The molecule has 2 aromatic carbocycles. The van der Waals surface area contributed by atoms with Gasteiger partial charge in [-0.05, 0) is 30.5 Å². The van der Waals surface area contributed by atoms with Gasteiger partial charge in [-0.3, -0.25) is 0 Å². The van der Waals surface area contributed by atoms with Crippen molar-refractivity contribution >= 4 is 16.5 Å². The van der Waals surface area contributed by atoms with Crippen molar-refractivity contribution in [3.8, 4) is 0 Å². The summed E-state index contributed by atoms with van der Waals surface area (Å²) in [5.74, 6) is 0. The summed E-state index contributed by atoms with van der Waals surface area (Å²) in [6.45, 7) is 4.10. The van der Waals surface area contributed by atoms with Gasteiger partial charge in [0, 0.05) is 0 Å². The lowest BCUT2D eigenvalue weighted by Crippen LogP contribution is -2.13. The number of nitrogens with zero attached hydrogens (tertiary/aromatic N) is 2. The fraction of sp³-hybridized carbons (Fsp3) is 0.176. The molecule has 1 heterocycles. The van der Waals surface area contributed by atoms with E-state index in [4.69, 9.17) is 0 Å². The summed E-state index contributed by atoms with van der Waals surface area (Å²) in [7, 11) is 0. The topological polar surface area (TPSA) is 37.8 Å². The minimum absolute atomic E-state index is 0.0831. The molecular weight excluding hydrogens is 278 g/mol. The molecule has 1 unspecified atom stereocenters. The third-order valence-corrected chi connectivity index (χ3v) is 4.20. The summed E-state index contributed by atoms with van der Waals surface area (Å²) in [6, 6.07) is 19.0. The van der Waals surface area contributed by atoms with Crippen LogP contribution in [0.5, 0.6) is 0 Å². The van der Waals surface area contributed by atoms with Crippen molar-refractivity contribution in [2.45, 2.75) is 19.9 Å². The third-order valence-electron chi connectivity index (χ3n) is 3.43. The lowest BCUT2D eigenvalue weighted by molar-refractivity contribution is 0.910. The van der Waals surface area contributed by atoms with Crippen LogP contribution < -0.4 is 5.32 Å². The molecule has 3 nitrogen and oxygen atoms in total. The van der Waals surface area contributed by atoms with E-state index in [1.165, 1.54) is 16.7 Å². The SMILES string of the molecule is Cc1nnc(NC(c2ccccc2)c2ccccc2C)s1. The van der Waals surface area contributed by atoms with Crippen LogP contribution in [0.1, 0.15) is 27.7 Å². The van der Waals surface area contributed by atoms with E-state index in [-0.39, 0.29) is 6.04 Å². The molecule has 0 aliphatic carbocycles. The molecule has 1 N–H and O–H groups in total. The molecule has 106 valence electrons. The number of aryl methyl sites for hydroxylation is 2. The fourth-order valence-electron chi connectivity index (χ4n) is 2.38. The highest BCUT2D eigenvalue weighted by Gasteiger charge is 2.17. The second kappa shape index (κ2) is 6.06. The monoisotopic (exact) mass is 295 g/mol. The summed E-state index contributed by atoms with van der Waals surface area (Å²) in [5, 5.41) is 13.6. The number of aromatic nitrogens is 2. The van der Waals surface area contributed by atoms with Crippen LogP contribution in [-0.4, -0.2) is 10.2 Å². The third kappa shape index (κ3) is 3.11. The summed E-state index contributed by atoms with van der Waals surface area (Å²) >= 11 is 1.58. The van der Waals surface area contributed by atoms with Crippen molar-refractivity contribution in [3.63, 3.8) is 0 Å². The molecule has 1 atom stereocenters. The second-order valence-electron chi connectivity index (χ2n) is 4.97. The van der Waals surface area contributed by atoms with Crippen molar-refractivity contribution in [2.75, 3.05) is 5.32 Å². The van der Waals surface area contributed by atoms with E-state index in [9.17, 15) is 0 Å². The van der Waals surface area contributed by atoms with Gasteiger partial charge in [0.05, 0.1) is 6.04 Å². The Hall–Kier alpha value is -2.20. The smallest absolute Gasteiger partial charge is 0.206 e. The first kappa shape index (κ1) is 13.8. The van der Waals surface area contributed by atoms with Gasteiger partial charge in [-0.2, -0.15) is 0 Å². The van der Waals surface area contributed by atoms with Gasteiger partial charge in [0.25, 0.3) is 0 Å². The minimum atomic E-state index is 0.0831. The normalized spacial score (nSPS) is 12.1. The number of anilines is 1. The standard InChI is InChI=1S/C17H17N3S/c1-12-8-6-7-11-15(12)16(14-9-4-3-5-10-14)18-17-20-19-13(2)21-17/h3-11,16H,1-2H3,(H,18,20). The molecule has 0 spiro atoms. The molecule has 3 rings (SSSR count). The van der Waals surface area contributed by atoms with Crippen LogP contribution >= 0.6 is 11.3 Å². The quantitative estimate of drug-likeness (QED) is 0.777. The molecule has 0 amide bonds. The van der Waals surface area contributed by atoms with E-state index >= 15 is 0 Å². The molecule has 0 aliphatic rings. The summed E-state index contributed by atoms with van der Waals surface area (Å²) in [5.41, 5.74) is 3.75. The molecule has 3 aromatic rings. The average molecular weight is 295 g/mol. The molecule has 0 aliphatic heterocycles. The van der Waals surface area contributed by atoms with Crippen LogP contribution in [0.2, 0.25) is 0 Å². The Labute approximate surface area is 128 Å². The number of nitrogens with one attached hydrogen (secondary N) is 1. The van der Waals surface area contributed by atoms with Crippen molar-refractivity contribution < 1.29 is 0 Å². The Bertz CT molecular complexity index is 722. The maximum absolute atomic E-state index is 4.19. The molecule has 0 radical (unpaired) electrons. The van der Waals surface area contributed by atoms with Crippen molar-refractivity contribution in [1.29, 1.82) is 0 Å². The summed E-state index contributed by atoms with van der Waals surface area (Å²) in [4.78, 5) is 0. The van der Waals surface area contributed by atoms with Crippen LogP contribution in [0.4, 0.5) is 5.13 Å². The lowest BCUT2D eigenvalue weighted by Gasteiger charge is -2.21. The van der Waals surface area contributed by atoms with Gasteiger partial charge in [-0.25, -0.2) is 0 Å². The Balaban J connectivity index is 2.01. The van der Waals surface area contributed by atoms with Gasteiger partial charge >= 0.3 is 0 Å². The largest absolute Gasteiger partial charge is 0.349 e. The zero-order valence-electron chi connectivity index (χ0n) is 12.1. The molecule has 0 bridgehead atoms. The minimum Gasteiger partial charge on any atom is -0.349 e. The van der Waals surface area contributed by atoms with E-state index in [0.717, 1.165) is 10.1 Å². The molecular formula is C17H17N3S. The Morgan fingerprint density at radius 3 is 2.29 bits per heavy atom. The van der Waals surface area contributed by atoms with E-state index in [0.29, 0.717) is 0 Å². The first-order chi connectivity index (χ1) is 10.2. The number of hydrogen-bond acceptors (Lipinski definition) is 4. The van der Waals surface area contributed by atoms with Gasteiger partial charge in [0.15, 0.2) is 0 Å². The number of benzene rings is 2. The Morgan fingerprint density at radius 1 is 0.905 bits per heavy atom.